The molecule has 2 aromatic rings. The standard InChI is InChI=1S/C19H22FNO4S/c1-13-18(21-19(25-13)16-8-4-5-9-17(16)20)12-26(23,24)11-15(22)10-14-6-2-3-7-14/h4-5,8-9,14H,2-3,6-7,10-12H2,1H3. The van der Waals surface area contributed by atoms with Crippen molar-refractivity contribution in [2.24, 2.45) is 5.92 Å². The number of nitrogens with zero attached hydrogens (tertiary/aromatic N) is 1. The summed E-state index contributed by atoms with van der Waals surface area (Å²) in [6.07, 6.45) is 4.56. The van der Waals surface area contributed by atoms with Gasteiger partial charge in [0.2, 0.25) is 5.89 Å². The molecular weight excluding hydrogens is 357 g/mol. The number of oxazole rings is 1. The fraction of sp³-hybridized carbons (Fsp3) is 0.474. The minimum atomic E-state index is -3.64. The Morgan fingerprint density at radius 1 is 1.27 bits per heavy atom. The lowest BCUT2D eigenvalue weighted by molar-refractivity contribution is -0.117. The summed E-state index contributed by atoms with van der Waals surface area (Å²) in [4.78, 5) is 16.2. The number of carbonyl (C=O) groups excluding carboxylic acids is 1. The van der Waals surface area contributed by atoms with E-state index in [1.54, 1.807) is 19.1 Å². The predicted molar refractivity (Wildman–Crippen MR) is 95.7 cm³/mol. The molecule has 5 nitrogen and oxygen atoms in total. The van der Waals surface area contributed by atoms with Gasteiger partial charge in [-0.25, -0.2) is 17.8 Å². The van der Waals surface area contributed by atoms with E-state index in [0.29, 0.717) is 18.1 Å². The smallest absolute Gasteiger partial charge is 0.229 e. The zero-order valence-corrected chi connectivity index (χ0v) is 15.5. The van der Waals surface area contributed by atoms with Crippen LogP contribution in [-0.4, -0.2) is 24.9 Å². The third kappa shape index (κ3) is 4.58. The van der Waals surface area contributed by atoms with E-state index in [4.69, 9.17) is 4.42 Å². The number of hydrogen-bond donors (Lipinski definition) is 0. The van der Waals surface area contributed by atoms with Gasteiger partial charge in [0, 0.05) is 6.42 Å². The molecule has 3 rings (SSSR count). The number of benzene rings is 1. The van der Waals surface area contributed by atoms with Crippen molar-refractivity contribution < 1.29 is 22.0 Å². The van der Waals surface area contributed by atoms with Crippen LogP contribution in [-0.2, 0) is 20.4 Å². The van der Waals surface area contributed by atoms with E-state index >= 15 is 0 Å². The number of halogens is 1. The van der Waals surface area contributed by atoms with Crippen LogP contribution >= 0.6 is 0 Å². The summed E-state index contributed by atoms with van der Waals surface area (Å²) in [5.74, 6) is -0.919. The van der Waals surface area contributed by atoms with Crippen molar-refractivity contribution in [2.75, 3.05) is 5.75 Å². The van der Waals surface area contributed by atoms with Crippen LogP contribution < -0.4 is 0 Å². The molecule has 0 unspecified atom stereocenters. The summed E-state index contributed by atoms with van der Waals surface area (Å²) in [5.41, 5.74) is 0.397. The van der Waals surface area contributed by atoms with Gasteiger partial charge in [0.05, 0.1) is 17.0 Å². The van der Waals surface area contributed by atoms with E-state index in [9.17, 15) is 17.6 Å². The molecule has 0 aliphatic heterocycles. The molecule has 140 valence electrons. The summed E-state index contributed by atoms with van der Waals surface area (Å²) in [5, 5.41) is 0. The van der Waals surface area contributed by atoms with Crippen LogP contribution in [0.3, 0.4) is 0 Å². The Balaban J connectivity index is 1.69. The Labute approximate surface area is 152 Å². The Hall–Kier alpha value is -2.02. The van der Waals surface area contributed by atoms with Crippen molar-refractivity contribution in [3.8, 4) is 11.5 Å². The zero-order chi connectivity index (χ0) is 18.7. The van der Waals surface area contributed by atoms with Gasteiger partial charge in [-0.15, -0.1) is 0 Å². The van der Waals surface area contributed by atoms with Gasteiger partial charge in [0.1, 0.15) is 23.1 Å². The molecule has 0 saturated heterocycles. The number of ketones is 1. The molecule has 0 spiro atoms. The van der Waals surface area contributed by atoms with Crippen LogP contribution in [0.5, 0.6) is 0 Å². The lowest BCUT2D eigenvalue weighted by atomic mass is 10.0. The molecule has 0 radical (unpaired) electrons. The predicted octanol–water partition coefficient (Wildman–Crippen LogP) is 3.85. The van der Waals surface area contributed by atoms with Gasteiger partial charge in [-0.3, -0.25) is 4.79 Å². The molecule has 1 heterocycles. The summed E-state index contributed by atoms with van der Waals surface area (Å²) in [6.45, 7) is 1.59. The van der Waals surface area contributed by atoms with Crippen molar-refractivity contribution in [1.82, 2.24) is 4.98 Å². The maximum atomic E-state index is 13.9. The largest absolute Gasteiger partial charge is 0.441 e. The van der Waals surface area contributed by atoms with E-state index < -0.39 is 21.4 Å². The molecule has 1 fully saturated rings. The molecule has 1 aliphatic carbocycles. The first-order chi connectivity index (χ1) is 12.3. The molecule has 1 aromatic carbocycles. The number of Topliss-reactive ketones (excluding diaryl/α,β-unsaturated/α-hetero) is 1. The highest BCUT2D eigenvalue weighted by Gasteiger charge is 2.25. The maximum Gasteiger partial charge on any atom is 0.229 e. The van der Waals surface area contributed by atoms with Gasteiger partial charge >= 0.3 is 0 Å². The van der Waals surface area contributed by atoms with Crippen molar-refractivity contribution >= 4 is 15.6 Å². The van der Waals surface area contributed by atoms with E-state index in [2.05, 4.69) is 4.98 Å². The highest BCUT2D eigenvalue weighted by atomic mass is 32.2. The lowest BCUT2D eigenvalue weighted by Crippen LogP contribution is -2.20. The number of aryl methyl sites for hydroxylation is 1. The minimum absolute atomic E-state index is 0.0445. The van der Waals surface area contributed by atoms with Gasteiger partial charge < -0.3 is 4.42 Å². The van der Waals surface area contributed by atoms with Crippen LogP contribution in [0, 0.1) is 18.7 Å². The molecule has 0 N–H and O–H groups in total. The molecule has 0 bridgehead atoms. The third-order valence-electron chi connectivity index (χ3n) is 4.73. The minimum Gasteiger partial charge on any atom is -0.441 e. The van der Waals surface area contributed by atoms with Crippen LogP contribution in [0.15, 0.2) is 28.7 Å². The van der Waals surface area contributed by atoms with Crippen LogP contribution in [0.25, 0.3) is 11.5 Å². The van der Waals surface area contributed by atoms with E-state index in [1.165, 1.54) is 12.1 Å². The van der Waals surface area contributed by atoms with Gasteiger partial charge in [0.15, 0.2) is 9.84 Å². The highest BCUT2D eigenvalue weighted by Crippen LogP contribution is 2.28. The van der Waals surface area contributed by atoms with Crippen molar-refractivity contribution in [3.05, 3.63) is 41.5 Å². The quantitative estimate of drug-likeness (QED) is 0.730. The second-order valence-electron chi connectivity index (χ2n) is 6.93. The second-order valence-corrected chi connectivity index (χ2v) is 8.99. The second kappa shape index (κ2) is 7.70. The molecular formula is C19H22FNO4S. The van der Waals surface area contributed by atoms with Gasteiger partial charge in [0.25, 0.3) is 0 Å². The van der Waals surface area contributed by atoms with E-state index in [-0.39, 0.29) is 28.7 Å². The summed E-state index contributed by atoms with van der Waals surface area (Å²) >= 11 is 0. The van der Waals surface area contributed by atoms with Crippen molar-refractivity contribution in [2.45, 2.75) is 44.8 Å². The van der Waals surface area contributed by atoms with Crippen molar-refractivity contribution in [1.29, 1.82) is 0 Å². The molecule has 1 aliphatic rings. The average molecular weight is 379 g/mol. The van der Waals surface area contributed by atoms with Gasteiger partial charge in [-0.2, -0.15) is 0 Å². The lowest BCUT2D eigenvalue weighted by Gasteiger charge is -2.07. The van der Waals surface area contributed by atoms with E-state index in [1.807, 2.05) is 0 Å². The zero-order valence-electron chi connectivity index (χ0n) is 14.7. The first-order valence-electron chi connectivity index (χ1n) is 8.77. The Kier molecular flexibility index (Phi) is 5.55. The molecule has 26 heavy (non-hydrogen) atoms. The molecule has 1 aromatic heterocycles. The number of hydrogen-bond acceptors (Lipinski definition) is 5. The Morgan fingerprint density at radius 3 is 2.65 bits per heavy atom. The molecule has 7 heteroatoms. The maximum absolute atomic E-state index is 13.9. The summed E-state index contributed by atoms with van der Waals surface area (Å²) in [7, 11) is -3.64. The van der Waals surface area contributed by atoms with Gasteiger partial charge in [-0.1, -0.05) is 37.8 Å². The monoisotopic (exact) mass is 379 g/mol. The van der Waals surface area contributed by atoms with Crippen molar-refractivity contribution in [3.63, 3.8) is 0 Å². The number of carbonyl (C=O) groups is 1. The first-order valence-corrected chi connectivity index (χ1v) is 10.6. The number of sulfone groups is 1. The normalized spacial score (nSPS) is 15.5. The van der Waals surface area contributed by atoms with Crippen LogP contribution in [0.4, 0.5) is 4.39 Å². The third-order valence-corrected chi connectivity index (χ3v) is 6.20. The average Bonchev–Trinajstić information content (AvgIpc) is 3.17. The molecule has 1 saturated carbocycles. The van der Waals surface area contributed by atoms with Gasteiger partial charge in [-0.05, 0) is 25.0 Å². The Morgan fingerprint density at radius 2 is 1.96 bits per heavy atom. The number of aromatic nitrogens is 1. The fourth-order valence-electron chi connectivity index (χ4n) is 3.41. The highest BCUT2D eigenvalue weighted by molar-refractivity contribution is 7.91. The summed E-state index contributed by atoms with van der Waals surface area (Å²) in [6, 6.07) is 6.00. The SMILES string of the molecule is Cc1oc(-c2ccccc2F)nc1CS(=O)(=O)CC(=O)CC1CCCC1. The fourth-order valence-corrected chi connectivity index (χ4v) is 4.81. The number of rotatable bonds is 7. The molecule has 0 atom stereocenters. The Bertz CT molecular complexity index is 898. The van der Waals surface area contributed by atoms with E-state index in [0.717, 1.165) is 25.7 Å². The van der Waals surface area contributed by atoms with Crippen LogP contribution in [0.2, 0.25) is 0 Å². The molecule has 0 amide bonds. The topological polar surface area (TPSA) is 77.2 Å². The first kappa shape index (κ1) is 18.8. The van der Waals surface area contributed by atoms with Crippen LogP contribution in [0.1, 0.15) is 43.6 Å². The summed E-state index contributed by atoms with van der Waals surface area (Å²) < 4.78 is 44.0.